The molecular weight excluding hydrogens is 464 g/mol. The van der Waals surface area contributed by atoms with E-state index in [1.807, 2.05) is 67.6 Å². The van der Waals surface area contributed by atoms with Gasteiger partial charge in [0, 0.05) is 28.4 Å². The van der Waals surface area contributed by atoms with Crippen LogP contribution >= 0.6 is 11.6 Å². The number of hydrogen-bond acceptors (Lipinski definition) is 2. The number of halogens is 1. The van der Waals surface area contributed by atoms with Gasteiger partial charge in [-0.05, 0) is 48.7 Å². The van der Waals surface area contributed by atoms with Crippen molar-refractivity contribution in [2.45, 2.75) is 19.3 Å². The average Bonchev–Trinajstić information content (AvgIpc) is 2.91. The molecule has 0 unspecified atom stereocenters. The van der Waals surface area contributed by atoms with E-state index in [4.69, 9.17) is 16.6 Å². The maximum atomic E-state index is 13.5. The van der Waals surface area contributed by atoms with Crippen LogP contribution in [0.25, 0.3) is 22.2 Å². The summed E-state index contributed by atoms with van der Waals surface area (Å²) in [5, 5.41) is 4.62. The Morgan fingerprint density at radius 2 is 1.47 bits per heavy atom. The summed E-state index contributed by atoms with van der Waals surface area (Å²) in [6, 6.07) is 36.3. The Balaban J connectivity index is 1.43. The van der Waals surface area contributed by atoms with Crippen LogP contribution in [0.4, 0.5) is 0 Å². The lowest BCUT2D eigenvalue weighted by atomic mass is 9.88. The van der Waals surface area contributed by atoms with Gasteiger partial charge < -0.3 is 5.32 Å². The van der Waals surface area contributed by atoms with Crippen molar-refractivity contribution in [1.29, 1.82) is 0 Å². The molecule has 0 bridgehead atoms. The van der Waals surface area contributed by atoms with Gasteiger partial charge in [-0.15, -0.1) is 0 Å². The highest BCUT2D eigenvalue weighted by Gasteiger charge is 2.18. The molecule has 0 atom stereocenters. The number of aromatic nitrogens is 1. The van der Waals surface area contributed by atoms with Crippen molar-refractivity contribution in [3.8, 4) is 11.3 Å². The van der Waals surface area contributed by atoms with Crippen molar-refractivity contribution < 1.29 is 4.79 Å². The molecule has 0 aliphatic carbocycles. The number of carbonyl (C=O) groups is 1. The van der Waals surface area contributed by atoms with Crippen molar-refractivity contribution in [2.75, 3.05) is 6.54 Å². The summed E-state index contributed by atoms with van der Waals surface area (Å²) >= 11 is 6.46. The first-order valence-electron chi connectivity index (χ1n) is 12.1. The Morgan fingerprint density at radius 1 is 0.833 bits per heavy atom. The fourth-order valence-electron chi connectivity index (χ4n) is 4.66. The number of aryl methyl sites for hydroxylation is 1. The zero-order chi connectivity index (χ0) is 24.9. The molecule has 3 nitrogen and oxygen atoms in total. The van der Waals surface area contributed by atoms with Crippen LogP contribution in [0.1, 0.15) is 39.4 Å². The molecule has 0 fully saturated rings. The molecule has 1 heterocycles. The summed E-state index contributed by atoms with van der Waals surface area (Å²) in [6.45, 7) is 2.57. The van der Waals surface area contributed by atoms with E-state index in [-0.39, 0.29) is 11.8 Å². The molecular formula is C32H27ClN2O. The zero-order valence-corrected chi connectivity index (χ0v) is 20.9. The Labute approximate surface area is 216 Å². The highest BCUT2D eigenvalue weighted by atomic mass is 35.5. The monoisotopic (exact) mass is 490 g/mol. The van der Waals surface area contributed by atoms with E-state index in [0.717, 1.165) is 28.5 Å². The first-order valence-corrected chi connectivity index (χ1v) is 12.5. The van der Waals surface area contributed by atoms with Gasteiger partial charge in [0.2, 0.25) is 0 Å². The Kier molecular flexibility index (Phi) is 7.11. The van der Waals surface area contributed by atoms with Crippen LogP contribution in [0.2, 0.25) is 5.02 Å². The molecule has 1 N–H and O–H groups in total. The SMILES string of the molecule is Cc1ccc2nc(-c3ccccc3Cl)cc(C(=O)NCCC(c3ccccc3)c3ccccc3)c2c1. The molecule has 5 aromatic rings. The summed E-state index contributed by atoms with van der Waals surface area (Å²) in [6.07, 6.45) is 0.791. The topological polar surface area (TPSA) is 42.0 Å². The standard InChI is InChI=1S/C32H27ClN2O/c1-22-16-17-30-27(20-22)28(21-31(35-30)26-14-8-9-15-29(26)33)32(36)34-19-18-25(23-10-4-2-5-11-23)24-12-6-3-7-13-24/h2-17,20-21,25H,18-19H2,1H3,(H,34,36). The lowest BCUT2D eigenvalue weighted by molar-refractivity contribution is 0.0954. The molecule has 178 valence electrons. The molecule has 0 aliphatic rings. The average molecular weight is 491 g/mol. The van der Waals surface area contributed by atoms with E-state index in [1.54, 1.807) is 0 Å². The zero-order valence-electron chi connectivity index (χ0n) is 20.1. The molecule has 4 heteroatoms. The largest absolute Gasteiger partial charge is 0.352 e. The number of hydrogen-bond donors (Lipinski definition) is 1. The molecule has 0 radical (unpaired) electrons. The van der Waals surface area contributed by atoms with Gasteiger partial charge in [-0.2, -0.15) is 0 Å². The second kappa shape index (κ2) is 10.8. The molecule has 0 spiro atoms. The highest BCUT2D eigenvalue weighted by molar-refractivity contribution is 6.33. The van der Waals surface area contributed by atoms with Crippen molar-refractivity contribution in [2.24, 2.45) is 0 Å². The second-order valence-corrected chi connectivity index (χ2v) is 9.38. The third-order valence-electron chi connectivity index (χ3n) is 6.48. The molecule has 1 amide bonds. The summed E-state index contributed by atoms with van der Waals surface area (Å²) < 4.78 is 0. The number of rotatable bonds is 7. The van der Waals surface area contributed by atoms with Crippen LogP contribution in [-0.2, 0) is 0 Å². The molecule has 0 saturated heterocycles. The predicted molar refractivity (Wildman–Crippen MR) is 149 cm³/mol. The highest BCUT2D eigenvalue weighted by Crippen LogP contribution is 2.31. The normalized spacial score (nSPS) is 11.1. The molecule has 4 aromatic carbocycles. The molecule has 1 aromatic heterocycles. The quantitative estimate of drug-likeness (QED) is 0.252. The summed E-state index contributed by atoms with van der Waals surface area (Å²) in [5.74, 6) is 0.0870. The number of nitrogens with one attached hydrogen (secondary N) is 1. The Hall–Kier alpha value is -3.95. The minimum absolute atomic E-state index is 0.110. The number of amides is 1. The van der Waals surface area contributed by atoms with Crippen LogP contribution in [-0.4, -0.2) is 17.4 Å². The van der Waals surface area contributed by atoms with Gasteiger partial charge in [0.05, 0.1) is 16.8 Å². The van der Waals surface area contributed by atoms with Crippen LogP contribution in [0.15, 0.2) is 109 Å². The first-order chi connectivity index (χ1) is 17.6. The van der Waals surface area contributed by atoms with E-state index in [2.05, 4.69) is 53.8 Å². The van der Waals surface area contributed by atoms with Gasteiger partial charge in [-0.3, -0.25) is 4.79 Å². The maximum absolute atomic E-state index is 13.5. The van der Waals surface area contributed by atoms with E-state index in [1.165, 1.54) is 11.1 Å². The number of carbonyl (C=O) groups excluding carboxylic acids is 1. The van der Waals surface area contributed by atoms with Gasteiger partial charge in [0.1, 0.15) is 0 Å². The fraction of sp³-hybridized carbons (Fsp3) is 0.125. The number of pyridine rings is 1. The predicted octanol–water partition coefficient (Wildman–Crippen LogP) is 7.82. The van der Waals surface area contributed by atoms with Gasteiger partial charge in [0.25, 0.3) is 5.91 Å². The Morgan fingerprint density at radius 3 is 2.14 bits per heavy atom. The third kappa shape index (κ3) is 5.17. The van der Waals surface area contributed by atoms with E-state index in [0.29, 0.717) is 22.8 Å². The van der Waals surface area contributed by atoms with Gasteiger partial charge >= 0.3 is 0 Å². The lowest BCUT2D eigenvalue weighted by Crippen LogP contribution is -2.26. The van der Waals surface area contributed by atoms with Crippen molar-refractivity contribution in [3.63, 3.8) is 0 Å². The summed E-state index contributed by atoms with van der Waals surface area (Å²) in [7, 11) is 0. The summed E-state index contributed by atoms with van der Waals surface area (Å²) in [4.78, 5) is 18.3. The van der Waals surface area contributed by atoms with Crippen LogP contribution < -0.4 is 5.32 Å². The molecule has 0 saturated carbocycles. The van der Waals surface area contributed by atoms with Crippen LogP contribution in [0.5, 0.6) is 0 Å². The number of fused-ring (bicyclic) bond motifs is 1. The fourth-order valence-corrected chi connectivity index (χ4v) is 4.89. The second-order valence-electron chi connectivity index (χ2n) is 8.97. The van der Waals surface area contributed by atoms with Gasteiger partial charge in [0.15, 0.2) is 0 Å². The molecule has 36 heavy (non-hydrogen) atoms. The van der Waals surface area contributed by atoms with Gasteiger partial charge in [-0.1, -0.05) is 102 Å². The first kappa shape index (κ1) is 23.8. The Bertz CT molecular complexity index is 1460. The minimum atomic E-state index is -0.110. The van der Waals surface area contributed by atoms with E-state index >= 15 is 0 Å². The smallest absolute Gasteiger partial charge is 0.252 e. The van der Waals surface area contributed by atoms with E-state index in [9.17, 15) is 4.79 Å². The van der Waals surface area contributed by atoms with Crippen LogP contribution in [0.3, 0.4) is 0 Å². The van der Waals surface area contributed by atoms with Crippen LogP contribution in [0, 0.1) is 6.92 Å². The lowest BCUT2D eigenvalue weighted by Gasteiger charge is -2.19. The summed E-state index contributed by atoms with van der Waals surface area (Å²) in [5.41, 5.74) is 6.44. The minimum Gasteiger partial charge on any atom is -0.352 e. The maximum Gasteiger partial charge on any atom is 0.252 e. The third-order valence-corrected chi connectivity index (χ3v) is 6.81. The van der Waals surface area contributed by atoms with Crippen molar-refractivity contribution in [1.82, 2.24) is 10.3 Å². The van der Waals surface area contributed by atoms with E-state index < -0.39 is 0 Å². The van der Waals surface area contributed by atoms with Crippen molar-refractivity contribution in [3.05, 3.63) is 136 Å². The van der Waals surface area contributed by atoms with Gasteiger partial charge in [-0.25, -0.2) is 4.98 Å². The molecule has 0 aliphatic heterocycles. The molecule has 5 rings (SSSR count). The number of nitrogens with zero attached hydrogens (tertiary/aromatic N) is 1. The van der Waals surface area contributed by atoms with Crippen molar-refractivity contribution >= 4 is 28.4 Å². The number of benzene rings is 4.